The van der Waals surface area contributed by atoms with Gasteiger partial charge in [0.1, 0.15) is 5.75 Å². The maximum atomic E-state index is 13.9. The first kappa shape index (κ1) is 20.2. The Balaban J connectivity index is 1.77. The molecule has 1 saturated heterocycles. The zero-order valence-corrected chi connectivity index (χ0v) is 15.4. The average molecular weight is 394 g/mol. The summed E-state index contributed by atoms with van der Waals surface area (Å²) in [7, 11) is 1.57. The molecule has 1 heterocycles. The van der Waals surface area contributed by atoms with Gasteiger partial charge in [-0.3, -0.25) is 9.69 Å². The second-order valence-corrected chi connectivity index (χ2v) is 6.37. The lowest BCUT2D eigenvalue weighted by molar-refractivity contribution is 0.0162. The van der Waals surface area contributed by atoms with Gasteiger partial charge in [0, 0.05) is 19.6 Å². The zero-order chi connectivity index (χ0) is 20.1. The van der Waals surface area contributed by atoms with Gasteiger partial charge in [0.2, 0.25) is 0 Å². The van der Waals surface area contributed by atoms with Crippen molar-refractivity contribution in [2.75, 3.05) is 40.0 Å². The molecule has 1 fully saturated rings. The number of morpholine rings is 1. The number of benzene rings is 2. The van der Waals surface area contributed by atoms with E-state index < -0.39 is 28.9 Å². The number of carbonyl (C=O) groups is 1. The number of amides is 1. The van der Waals surface area contributed by atoms with Crippen molar-refractivity contribution >= 4 is 5.91 Å². The van der Waals surface area contributed by atoms with Crippen LogP contribution in [0.15, 0.2) is 36.4 Å². The molecule has 28 heavy (non-hydrogen) atoms. The minimum absolute atomic E-state index is 0.170. The number of rotatable bonds is 6. The summed E-state index contributed by atoms with van der Waals surface area (Å²) in [6.45, 7) is 2.65. The van der Waals surface area contributed by atoms with E-state index in [1.807, 2.05) is 24.3 Å². The van der Waals surface area contributed by atoms with Crippen LogP contribution in [0.5, 0.6) is 5.75 Å². The molecule has 5 nitrogen and oxygen atoms in total. The van der Waals surface area contributed by atoms with Crippen LogP contribution in [0.4, 0.5) is 13.2 Å². The third-order valence-corrected chi connectivity index (χ3v) is 4.72. The molecule has 1 atom stereocenters. The molecule has 1 N–H and O–H groups in total. The molecule has 1 amide bonds. The van der Waals surface area contributed by atoms with Gasteiger partial charge in [-0.25, -0.2) is 13.2 Å². The van der Waals surface area contributed by atoms with Crippen molar-refractivity contribution < 1.29 is 27.4 Å². The normalized spacial score (nSPS) is 15.9. The topological polar surface area (TPSA) is 50.8 Å². The molecule has 0 spiro atoms. The van der Waals surface area contributed by atoms with Crippen LogP contribution in [-0.4, -0.2) is 50.8 Å². The predicted molar refractivity (Wildman–Crippen MR) is 96.8 cm³/mol. The lowest BCUT2D eigenvalue weighted by atomic mass is 10.0. The Bertz CT molecular complexity index is 824. The Morgan fingerprint density at radius 1 is 1.11 bits per heavy atom. The van der Waals surface area contributed by atoms with E-state index in [9.17, 15) is 18.0 Å². The van der Waals surface area contributed by atoms with Crippen molar-refractivity contribution in [2.45, 2.75) is 6.04 Å². The molecule has 1 aliphatic rings. The molecule has 0 saturated carbocycles. The van der Waals surface area contributed by atoms with E-state index in [0.29, 0.717) is 32.1 Å². The molecule has 0 bridgehead atoms. The third-order valence-electron chi connectivity index (χ3n) is 4.72. The molecule has 150 valence electrons. The standard InChI is InChI=1S/C20H21F3N2O3/c1-27-14-4-2-13(3-5-14)17(25-8-10-28-11-9-25)12-24-20(26)15-6-7-16(21)19(23)18(15)22/h2-7,17H,8-12H2,1H3,(H,24,26). The number of methoxy groups -OCH3 is 1. The monoisotopic (exact) mass is 394 g/mol. The summed E-state index contributed by atoms with van der Waals surface area (Å²) in [5.41, 5.74) is 0.406. The van der Waals surface area contributed by atoms with Gasteiger partial charge in [0.25, 0.3) is 5.91 Å². The largest absolute Gasteiger partial charge is 0.497 e. The van der Waals surface area contributed by atoms with Crippen LogP contribution in [0.2, 0.25) is 0 Å². The van der Waals surface area contributed by atoms with Crippen LogP contribution in [0, 0.1) is 17.5 Å². The second-order valence-electron chi connectivity index (χ2n) is 6.37. The van der Waals surface area contributed by atoms with Gasteiger partial charge < -0.3 is 14.8 Å². The number of nitrogens with zero attached hydrogens (tertiary/aromatic N) is 1. The Hall–Kier alpha value is -2.58. The summed E-state index contributed by atoms with van der Waals surface area (Å²) in [5, 5.41) is 2.63. The number of halogens is 3. The molecule has 1 aliphatic heterocycles. The van der Waals surface area contributed by atoms with Gasteiger partial charge in [-0.15, -0.1) is 0 Å². The third kappa shape index (κ3) is 4.45. The molecule has 2 aromatic carbocycles. The van der Waals surface area contributed by atoms with Gasteiger partial charge in [-0.05, 0) is 29.8 Å². The van der Waals surface area contributed by atoms with Gasteiger partial charge in [0.05, 0.1) is 31.9 Å². The first-order chi connectivity index (χ1) is 13.5. The number of ether oxygens (including phenoxy) is 2. The van der Waals surface area contributed by atoms with Crippen LogP contribution >= 0.6 is 0 Å². The summed E-state index contributed by atoms with van der Waals surface area (Å²) in [6.07, 6.45) is 0. The van der Waals surface area contributed by atoms with Crippen molar-refractivity contribution in [1.29, 1.82) is 0 Å². The summed E-state index contributed by atoms with van der Waals surface area (Å²) >= 11 is 0. The van der Waals surface area contributed by atoms with Crippen LogP contribution < -0.4 is 10.1 Å². The lowest BCUT2D eigenvalue weighted by Gasteiger charge is -2.35. The molecule has 3 rings (SSSR count). The van der Waals surface area contributed by atoms with E-state index in [2.05, 4.69) is 10.2 Å². The summed E-state index contributed by atoms with van der Waals surface area (Å²) in [4.78, 5) is 14.5. The lowest BCUT2D eigenvalue weighted by Crippen LogP contribution is -2.44. The molecule has 0 radical (unpaired) electrons. The van der Waals surface area contributed by atoms with Crippen LogP contribution in [0.3, 0.4) is 0 Å². The molecule has 1 unspecified atom stereocenters. The average Bonchev–Trinajstić information content (AvgIpc) is 2.73. The minimum atomic E-state index is -1.66. The maximum Gasteiger partial charge on any atom is 0.254 e. The Morgan fingerprint density at radius 3 is 2.43 bits per heavy atom. The first-order valence-corrected chi connectivity index (χ1v) is 8.88. The maximum absolute atomic E-state index is 13.9. The summed E-state index contributed by atoms with van der Waals surface area (Å²) < 4.78 is 50.9. The smallest absolute Gasteiger partial charge is 0.254 e. The van der Waals surface area contributed by atoms with E-state index >= 15 is 0 Å². The zero-order valence-electron chi connectivity index (χ0n) is 15.4. The summed E-state index contributed by atoms with van der Waals surface area (Å²) in [5.74, 6) is -4.59. The van der Waals surface area contributed by atoms with Gasteiger partial charge >= 0.3 is 0 Å². The number of carbonyl (C=O) groups excluding carboxylic acids is 1. The Morgan fingerprint density at radius 2 is 1.79 bits per heavy atom. The second kappa shape index (κ2) is 9.07. The van der Waals surface area contributed by atoms with Crippen molar-refractivity contribution in [2.24, 2.45) is 0 Å². The van der Waals surface area contributed by atoms with Crippen molar-refractivity contribution in [3.63, 3.8) is 0 Å². The number of hydrogen-bond acceptors (Lipinski definition) is 4. The minimum Gasteiger partial charge on any atom is -0.497 e. The Labute approximate surface area is 161 Å². The fraction of sp³-hybridized carbons (Fsp3) is 0.350. The molecular weight excluding hydrogens is 373 g/mol. The highest BCUT2D eigenvalue weighted by atomic mass is 19.2. The molecule has 0 aliphatic carbocycles. The highest BCUT2D eigenvalue weighted by molar-refractivity contribution is 5.94. The molecule has 2 aromatic rings. The van der Waals surface area contributed by atoms with Crippen molar-refractivity contribution in [3.05, 3.63) is 65.0 Å². The van der Waals surface area contributed by atoms with E-state index in [-0.39, 0.29) is 12.6 Å². The van der Waals surface area contributed by atoms with E-state index in [0.717, 1.165) is 17.7 Å². The summed E-state index contributed by atoms with van der Waals surface area (Å²) in [6, 6.07) is 8.90. The number of nitrogens with one attached hydrogen (secondary N) is 1. The quantitative estimate of drug-likeness (QED) is 0.766. The molecule has 8 heteroatoms. The fourth-order valence-electron chi connectivity index (χ4n) is 3.16. The fourth-order valence-corrected chi connectivity index (χ4v) is 3.16. The van der Waals surface area contributed by atoms with E-state index in [4.69, 9.17) is 9.47 Å². The van der Waals surface area contributed by atoms with Gasteiger partial charge in [0.15, 0.2) is 17.5 Å². The SMILES string of the molecule is COc1ccc(C(CNC(=O)c2ccc(F)c(F)c2F)N2CCOCC2)cc1. The highest BCUT2D eigenvalue weighted by Gasteiger charge is 2.25. The van der Waals surface area contributed by atoms with Crippen molar-refractivity contribution in [3.8, 4) is 5.75 Å². The van der Waals surface area contributed by atoms with E-state index in [1.54, 1.807) is 7.11 Å². The van der Waals surface area contributed by atoms with Gasteiger partial charge in [-0.2, -0.15) is 0 Å². The predicted octanol–water partition coefficient (Wildman–Crippen LogP) is 2.92. The van der Waals surface area contributed by atoms with Crippen LogP contribution in [0.25, 0.3) is 0 Å². The van der Waals surface area contributed by atoms with E-state index in [1.165, 1.54) is 0 Å². The first-order valence-electron chi connectivity index (χ1n) is 8.88. The Kier molecular flexibility index (Phi) is 6.53. The number of hydrogen-bond donors (Lipinski definition) is 1. The highest BCUT2D eigenvalue weighted by Crippen LogP contribution is 2.24. The molecular formula is C20H21F3N2O3. The van der Waals surface area contributed by atoms with Crippen LogP contribution in [0.1, 0.15) is 22.0 Å². The van der Waals surface area contributed by atoms with Crippen molar-refractivity contribution in [1.82, 2.24) is 10.2 Å². The molecule has 0 aromatic heterocycles. The van der Waals surface area contributed by atoms with Gasteiger partial charge in [-0.1, -0.05) is 12.1 Å². The van der Waals surface area contributed by atoms with Crippen LogP contribution in [-0.2, 0) is 4.74 Å².